The van der Waals surface area contributed by atoms with Crippen LogP contribution in [0.3, 0.4) is 0 Å². The van der Waals surface area contributed by atoms with E-state index in [0.717, 1.165) is 51.4 Å². The maximum absolute atomic E-state index is 12.5. The third-order valence-electron chi connectivity index (χ3n) is 7.69. The summed E-state index contributed by atoms with van der Waals surface area (Å²) in [6.07, 6.45) is 45.2. The van der Waals surface area contributed by atoms with E-state index in [1.165, 1.54) is 38.5 Å². The van der Waals surface area contributed by atoms with Crippen molar-refractivity contribution in [3.63, 3.8) is 0 Å². The van der Waals surface area contributed by atoms with Crippen molar-refractivity contribution in [2.75, 3.05) is 26.3 Å². The third-order valence-corrected chi connectivity index (χ3v) is 7.69. The number of ether oxygens (including phenoxy) is 3. The molecule has 7 heteroatoms. The molecule has 7 nitrogen and oxygen atoms in total. The van der Waals surface area contributed by atoms with Crippen molar-refractivity contribution in [3.05, 3.63) is 97.2 Å². The van der Waals surface area contributed by atoms with Gasteiger partial charge in [-0.15, -0.1) is 0 Å². The van der Waals surface area contributed by atoms with Gasteiger partial charge in [-0.25, -0.2) is 0 Å². The molecule has 0 bridgehead atoms. The van der Waals surface area contributed by atoms with Crippen molar-refractivity contribution >= 4 is 11.9 Å². The zero-order chi connectivity index (χ0) is 43.2. The smallest absolute Gasteiger partial charge is 0.306 e. The number of hydrogen-bond acceptors (Lipinski definition) is 7. The Balaban J connectivity index is 4.54. The average molecular weight is 744 g/mol. The van der Waals surface area contributed by atoms with Crippen LogP contribution in [0.25, 0.3) is 0 Å². The molecule has 0 fully saturated rings. The maximum Gasteiger partial charge on any atom is 0.306 e. The normalized spacial score (nSPS) is 16.3. The lowest BCUT2D eigenvalue weighted by atomic mass is 10.2. The summed E-state index contributed by atoms with van der Waals surface area (Å²) in [4.78, 5) is 24.8. The lowest BCUT2D eigenvalue weighted by molar-refractivity contribution is -0.160. The first-order chi connectivity index (χ1) is 27.8. The van der Waals surface area contributed by atoms with Crippen molar-refractivity contribution in [3.8, 4) is 0 Å². The Kier molecular flexibility index (Phi) is 32.0. The molecule has 0 heterocycles. The van der Waals surface area contributed by atoms with E-state index in [0.29, 0.717) is 25.7 Å². The first kappa shape index (κ1) is 40.9. The summed E-state index contributed by atoms with van der Waals surface area (Å²) >= 11 is 0. The summed E-state index contributed by atoms with van der Waals surface area (Å²) in [5, 5.41) is 19.8. The standard InChI is InChI=1S/C46H74O7/c1-3-5-7-9-11-13-15-17-19-21-23-25-27-29-31-33-35-37-45(49)52-41-43(39-47)51-42-44(40-48)53-46(50)38-36-34-32-30-28-26-24-22-20-18-16-14-12-10-8-6-4-2/h11-14,17-20,23-26,29-32,43-44,47-48H,3-10,15-16,21-22,27-28,33-42H2,1-2H3/b13-11-,14-12-,19-17-,20-18-,25-23-,26-24-,31-29-,32-30-/i39D2,41D2,43D. The molecule has 2 N–H and O–H groups in total. The summed E-state index contributed by atoms with van der Waals surface area (Å²) < 4.78 is 55.1. The van der Waals surface area contributed by atoms with Gasteiger partial charge in [-0.2, -0.15) is 0 Å². The Morgan fingerprint density at radius 1 is 0.566 bits per heavy atom. The van der Waals surface area contributed by atoms with Crippen LogP contribution in [-0.2, 0) is 23.8 Å². The van der Waals surface area contributed by atoms with Crippen LogP contribution in [-0.4, -0.2) is 60.7 Å². The van der Waals surface area contributed by atoms with Crippen molar-refractivity contribution in [2.24, 2.45) is 0 Å². The van der Waals surface area contributed by atoms with Crippen LogP contribution >= 0.6 is 0 Å². The van der Waals surface area contributed by atoms with E-state index in [2.05, 4.69) is 80.7 Å². The van der Waals surface area contributed by atoms with Crippen molar-refractivity contribution in [1.82, 2.24) is 0 Å². The fourth-order valence-corrected chi connectivity index (χ4v) is 4.63. The molecule has 0 aliphatic rings. The molecule has 0 saturated heterocycles. The van der Waals surface area contributed by atoms with Crippen LogP contribution in [0, 0.1) is 0 Å². The third kappa shape index (κ3) is 38.3. The van der Waals surface area contributed by atoms with E-state index in [-0.39, 0.29) is 12.8 Å². The molecular formula is C46H74O7. The Morgan fingerprint density at radius 2 is 0.943 bits per heavy atom. The topological polar surface area (TPSA) is 102 Å². The second kappa shape index (κ2) is 41.5. The predicted octanol–water partition coefficient (Wildman–Crippen LogP) is 11.1. The van der Waals surface area contributed by atoms with Gasteiger partial charge in [-0.1, -0.05) is 137 Å². The monoisotopic (exact) mass is 744 g/mol. The molecule has 0 saturated carbocycles. The highest BCUT2D eigenvalue weighted by Crippen LogP contribution is 2.07. The molecule has 0 amide bonds. The van der Waals surface area contributed by atoms with E-state index in [1.54, 1.807) is 0 Å². The quantitative estimate of drug-likeness (QED) is 0.0374. The molecular weight excluding hydrogens is 664 g/mol. The molecule has 0 spiro atoms. The Hall–Kier alpha value is -3.26. The molecule has 0 aliphatic heterocycles. The molecule has 0 aromatic heterocycles. The minimum absolute atomic E-state index is 0.0147. The van der Waals surface area contributed by atoms with Crippen LogP contribution in [0.1, 0.15) is 149 Å². The zero-order valence-corrected chi connectivity index (χ0v) is 32.8. The highest BCUT2D eigenvalue weighted by molar-refractivity contribution is 5.69. The number of rotatable bonds is 36. The Labute approximate surface area is 330 Å². The second-order valence-corrected chi connectivity index (χ2v) is 12.6. The largest absolute Gasteiger partial charge is 0.463 e. The molecule has 2 unspecified atom stereocenters. The summed E-state index contributed by atoms with van der Waals surface area (Å²) in [5.74, 6) is -1.73. The molecule has 300 valence electrons. The van der Waals surface area contributed by atoms with E-state index in [9.17, 15) is 19.8 Å². The molecule has 0 aromatic rings. The number of unbranched alkanes of at least 4 members (excludes halogenated alkanes) is 8. The van der Waals surface area contributed by atoms with Crippen LogP contribution in [0.2, 0.25) is 0 Å². The van der Waals surface area contributed by atoms with E-state index in [4.69, 9.17) is 21.1 Å². The second-order valence-electron chi connectivity index (χ2n) is 12.6. The first-order valence-corrected chi connectivity index (χ1v) is 19.9. The fourth-order valence-electron chi connectivity index (χ4n) is 4.63. The van der Waals surface area contributed by atoms with Gasteiger partial charge in [0.25, 0.3) is 0 Å². The first-order valence-electron chi connectivity index (χ1n) is 22.4. The molecule has 53 heavy (non-hydrogen) atoms. The lowest BCUT2D eigenvalue weighted by Crippen LogP contribution is -2.33. The van der Waals surface area contributed by atoms with E-state index >= 15 is 0 Å². The minimum Gasteiger partial charge on any atom is -0.463 e. The zero-order valence-electron chi connectivity index (χ0n) is 37.8. The van der Waals surface area contributed by atoms with Crippen molar-refractivity contribution in [2.45, 2.75) is 154 Å². The number of aliphatic hydroxyl groups excluding tert-OH is 1. The summed E-state index contributed by atoms with van der Waals surface area (Å²) in [5.41, 5.74) is 0. The van der Waals surface area contributed by atoms with Crippen LogP contribution < -0.4 is 0 Å². The number of carbonyl (C=O) groups excluding carboxylic acids is 2. The van der Waals surface area contributed by atoms with Gasteiger partial charge in [-0.05, 0) is 89.9 Å². The highest BCUT2D eigenvalue weighted by Gasteiger charge is 2.18. The SMILES string of the molecule is [2H]C([2H])(O)C([2H])(OCC(CO)OC(=O)CCC/C=C\C/C=C\C/C=C\C/C=C\CCCCC)C([2H])([2H])OC(=O)CCC/C=C\C/C=C\C/C=C\C/C=C\CCCCC. The van der Waals surface area contributed by atoms with Gasteiger partial charge < -0.3 is 24.4 Å². The van der Waals surface area contributed by atoms with Gasteiger partial charge in [-0.3, -0.25) is 9.59 Å². The number of carbonyl (C=O) groups is 2. The molecule has 0 radical (unpaired) electrons. The number of esters is 2. The van der Waals surface area contributed by atoms with Gasteiger partial charge in [0.1, 0.15) is 18.7 Å². The van der Waals surface area contributed by atoms with Crippen LogP contribution in [0.4, 0.5) is 0 Å². The number of aliphatic hydroxyl groups is 2. The van der Waals surface area contributed by atoms with E-state index < -0.39 is 50.5 Å². The summed E-state index contributed by atoms with van der Waals surface area (Å²) in [6, 6.07) is 0. The average Bonchev–Trinajstić information content (AvgIpc) is 3.17. The Bertz CT molecular complexity index is 1300. The van der Waals surface area contributed by atoms with Crippen LogP contribution in [0.15, 0.2) is 97.2 Å². The maximum atomic E-state index is 12.5. The number of hydrogen-bond donors (Lipinski definition) is 2. The van der Waals surface area contributed by atoms with Crippen molar-refractivity contribution < 1.29 is 40.9 Å². The van der Waals surface area contributed by atoms with Gasteiger partial charge in [0.05, 0.1) is 26.6 Å². The Morgan fingerprint density at radius 3 is 1.32 bits per heavy atom. The summed E-state index contributed by atoms with van der Waals surface area (Å²) in [7, 11) is 0. The highest BCUT2D eigenvalue weighted by atomic mass is 16.6. The molecule has 0 aromatic carbocycles. The lowest BCUT2D eigenvalue weighted by Gasteiger charge is -2.20. The van der Waals surface area contributed by atoms with Crippen LogP contribution in [0.5, 0.6) is 0 Å². The summed E-state index contributed by atoms with van der Waals surface area (Å²) in [6.45, 7) is -4.31. The minimum atomic E-state index is -3.65. The number of allylic oxidation sites excluding steroid dienone is 16. The molecule has 0 rings (SSSR count). The van der Waals surface area contributed by atoms with Gasteiger partial charge in [0, 0.05) is 12.8 Å². The van der Waals surface area contributed by atoms with Gasteiger partial charge in [0.15, 0.2) is 0 Å². The van der Waals surface area contributed by atoms with Gasteiger partial charge >= 0.3 is 11.9 Å². The predicted molar refractivity (Wildman–Crippen MR) is 222 cm³/mol. The van der Waals surface area contributed by atoms with E-state index in [1.807, 2.05) is 30.4 Å². The molecule has 2 atom stereocenters. The van der Waals surface area contributed by atoms with Gasteiger partial charge in [0.2, 0.25) is 0 Å². The fraction of sp³-hybridized carbons (Fsp3) is 0.609. The molecule has 0 aliphatic carbocycles. The van der Waals surface area contributed by atoms with Crippen molar-refractivity contribution in [1.29, 1.82) is 0 Å².